The molecule has 0 saturated carbocycles. The molecule has 1 aliphatic heterocycles. The minimum atomic E-state index is -0.452. The molecular weight excluding hydrogens is 669 g/mol. The maximum Gasteiger partial charge on any atom is 0.132 e. The zero-order valence-electron chi connectivity index (χ0n) is 29.7. The molecule has 5 aromatic rings. The summed E-state index contributed by atoms with van der Waals surface area (Å²) in [6.45, 7) is 2.08. The van der Waals surface area contributed by atoms with E-state index in [1.165, 1.54) is 0 Å². The molecule has 0 N–H and O–H groups in total. The molecular formula is C45H48O6S. The summed E-state index contributed by atoms with van der Waals surface area (Å²) in [5.74, 6) is 1.68. The molecule has 1 heterocycles. The Hall–Kier alpha value is -4.21. The highest BCUT2D eigenvalue weighted by Crippen LogP contribution is 2.36. The lowest BCUT2D eigenvalue weighted by Gasteiger charge is -2.46. The summed E-state index contributed by atoms with van der Waals surface area (Å²) in [5.41, 5.74) is 5.17. The van der Waals surface area contributed by atoms with E-state index >= 15 is 0 Å². The number of benzene rings is 5. The quantitative estimate of drug-likeness (QED) is 0.0790. The molecule has 1 fully saturated rings. The molecule has 0 bridgehead atoms. The Labute approximate surface area is 312 Å². The Morgan fingerprint density at radius 3 is 1.56 bits per heavy atom. The van der Waals surface area contributed by atoms with E-state index in [2.05, 4.69) is 72.8 Å². The third kappa shape index (κ3) is 11.7. The van der Waals surface area contributed by atoms with Crippen LogP contribution in [0.25, 0.3) is 6.08 Å². The van der Waals surface area contributed by atoms with E-state index < -0.39 is 24.4 Å². The van der Waals surface area contributed by atoms with E-state index in [1.807, 2.05) is 84.9 Å². The Bertz CT molecular complexity index is 1720. The summed E-state index contributed by atoms with van der Waals surface area (Å²) in [5, 5.41) is 0. The molecule has 1 saturated heterocycles. The van der Waals surface area contributed by atoms with Crippen molar-refractivity contribution in [1.82, 2.24) is 0 Å². The largest absolute Gasteiger partial charge is 0.497 e. The molecule has 1 aliphatic rings. The monoisotopic (exact) mass is 716 g/mol. The van der Waals surface area contributed by atoms with Crippen LogP contribution in [-0.4, -0.2) is 49.3 Å². The van der Waals surface area contributed by atoms with Crippen LogP contribution in [0.1, 0.15) is 34.2 Å². The summed E-state index contributed by atoms with van der Waals surface area (Å²) >= 11 is 1.75. The van der Waals surface area contributed by atoms with Crippen molar-refractivity contribution in [3.05, 3.63) is 179 Å². The van der Waals surface area contributed by atoms with Crippen molar-refractivity contribution in [2.75, 3.05) is 19.5 Å². The highest BCUT2D eigenvalue weighted by Gasteiger charge is 2.48. The number of thioether (sulfide) groups is 1. The third-order valence-corrected chi connectivity index (χ3v) is 10.0. The van der Waals surface area contributed by atoms with Crippen LogP contribution in [-0.2, 0) is 50.1 Å². The second-order valence-electron chi connectivity index (χ2n) is 12.7. The lowest BCUT2D eigenvalue weighted by atomic mass is 9.98. The number of allylic oxidation sites excluding steroid dienone is 1. The minimum absolute atomic E-state index is 0.319. The van der Waals surface area contributed by atoms with Crippen molar-refractivity contribution in [3.8, 4) is 5.75 Å². The van der Waals surface area contributed by atoms with Gasteiger partial charge in [-0.05, 0) is 52.1 Å². The van der Waals surface area contributed by atoms with Crippen LogP contribution >= 0.6 is 11.8 Å². The van der Waals surface area contributed by atoms with Crippen LogP contribution < -0.4 is 4.74 Å². The van der Waals surface area contributed by atoms with Crippen LogP contribution in [0.3, 0.4) is 0 Å². The van der Waals surface area contributed by atoms with Gasteiger partial charge in [0.05, 0.1) is 40.1 Å². The molecule has 0 radical (unpaired) electrons. The molecule has 7 heteroatoms. The number of ether oxygens (including phenoxy) is 6. The topological polar surface area (TPSA) is 55.4 Å². The third-order valence-electron chi connectivity index (χ3n) is 8.83. The van der Waals surface area contributed by atoms with E-state index in [9.17, 15) is 0 Å². The highest BCUT2D eigenvalue weighted by molar-refractivity contribution is 7.99. The smallest absolute Gasteiger partial charge is 0.132 e. The lowest BCUT2D eigenvalue weighted by molar-refractivity contribution is -0.254. The van der Waals surface area contributed by atoms with Gasteiger partial charge in [-0.15, -0.1) is 11.8 Å². The van der Waals surface area contributed by atoms with Crippen LogP contribution in [0.4, 0.5) is 0 Å². The van der Waals surface area contributed by atoms with E-state index in [1.54, 1.807) is 18.9 Å². The standard InChI is InChI=1S/C45H48O6S/c1-46-40-27-25-35(26-28-40)16-14-15-29-52-45-44(50-33-39-23-12-5-13-24-39)43(49-32-38-21-10-4-11-22-38)42(48-31-37-19-8-3-9-20-37)41(51-45)34-47-30-36-17-6-2-7-18-36/h2-14,16-28,41-45H,15,29-34H2,1H3/b16-14+/t41?,42-,43?,44?,45+/m1/s1. The van der Waals surface area contributed by atoms with Gasteiger partial charge in [0.15, 0.2) is 0 Å². The van der Waals surface area contributed by atoms with Gasteiger partial charge in [0.2, 0.25) is 0 Å². The zero-order chi connectivity index (χ0) is 35.6. The summed E-state index contributed by atoms with van der Waals surface area (Å²) in [4.78, 5) is 0. The molecule has 5 aromatic carbocycles. The fourth-order valence-electron chi connectivity index (χ4n) is 6.07. The van der Waals surface area contributed by atoms with Crippen LogP contribution in [0.5, 0.6) is 5.75 Å². The minimum Gasteiger partial charge on any atom is -0.497 e. The van der Waals surface area contributed by atoms with E-state index in [-0.39, 0.29) is 5.44 Å². The molecule has 0 aromatic heterocycles. The maximum absolute atomic E-state index is 6.97. The van der Waals surface area contributed by atoms with Crippen molar-refractivity contribution >= 4 is 17.8 Å². The first-order valence-corrected chi connectivity index (χ1v) is 19.0. The SMILES string of the molecule is COc1ccc(/C=C/CCS[C@@H]2OC(COCc3ccccc3)[C@@H](OCc3ccccc3)C(OCc3ccccc3)C2OCc2ccccc2)cc1. The summed E-state index contributed by atoms with van der Waals surface area (Å²) in [6, 6.07) is 49.0. The number of hydrogen-bond donors (Lipinski definition) is 0. The predicted molar refractivity (Wildman–Crippen MR) is 209 cm³/mol. The second kappa shape index (κ2) is 20.7. The van der Waals surface area contributed by atoms with E-state index in [0.29, 0.717) is 33.0 Å². The van der Waals surface area contributed by atoms with Gasteiger partial charge in [-0.1, -0.05) is 146 Å². The fourth-order valence-corrected chi connectivity index (χ4v) is 7.22. The molecule has 52 heavy (non-hydrogen) atoms. The Morgan fingerprint density at radius 2 is 1.04 bits per heavy atom. The Morgan fingerprint density at radius 1 is 0.558 bits per heavy atom. The molecule has 0 amide bonds. The van der Waals surface area contributed by atoms with E-state index in [4.69, 9.17) is 28.4 Å². The molecule has 5 atom stereocenters. The highest BCUT2D eigenvalue weighted by atomic mass is 32.2. The number of methoxy groups -OCH3 is 1. The van der Waals surface area contributed by atoms with Gasteiger partial charge in [-0.2, -0.15) is 0 Å². The van der Waals surface area contributed by atoms with Crippen LogP contribution in [0.2, 0.25) is 0 Å². The molecule has 0 spiro atoms. The lowest BCUT2D eigenvalue weighted by Crippen LogP contribution is -2.60. The van der Waals surface area contributed by atoms with Crippen molar-refractivity contribution in [1.29, 1.82) is 0 Å². The van der Waals surface area contributed by atoms with Crippen molar-refractivity contribution in [2.45, 2.75) is 62.7 Å². The van der Waals surface area contributed by atoms with Gasteiger partial charge >= 0.3 is 0 Å². The molecule has 3 unspecified atom stereocenters. The maximum atomic E-state index is 6.97. The van der Waals surface area contributed by atoms with Crippen LogP contribution in [0.15, 0.2) is 152 Å². The van der Waals surface area contributed by atoms with Crippen LogP contribution in [0, 0.1) is 0 Å². The first-order chi connectivity index (χ1) is 25.7. The molecule has 270 valence electrons. The number of hydrogen-bond acceptors (Lipinski definition) is 7. The van der Waals surface area contributed by atoms with E-state index in [0.717, 1.165) is 45.7 Å². The zero-order valence-corrected chi connectivity index (χ0v) is 30.5. The number of rotatable bonds is 19. The average Bonchev–Trinajstić information content (AvgIpc) is 3.20. The molecule has 6 nitrogen and oxygen atoms in total. The van der Waals surface area contributed by atoms with Gasteiger partial charge in [-0.25, -0.2) is 0 Å². The van der Waals surface area contributed by atoms with Gasteiger partial charge in [0.25, 0.3) is 0 Å². The van der Waals surface area contributed by atoms with Gasteiger partial charge in [0, 0.05) is 0 Å². The normalized spacial score (nSPS) is 20.2. The van der Waals surface area contributed by atoms with Gasteiger partial charge in [-0.3, -0.25) is 0 Å². The summed E-state index contributed by atoms with van der Waals surface area (Å²) < 4.78 is 39.1. The second-order valence-corrected chi connectivity index (χ2v) is 13.9. The van der Waals surface area contributed by atoms with Crippen molar-refractivity contribution in [3.63, 3.8) is 0 Å². The fraction of sp³-hybridized carbons (Fsp3) is 0.289. The first kappa shape index (κ1) is 37.5. The predicted octanol–water partition coefficient (Wildman–Crippen LogP) is 9.53. The molecule has 6 rings (SSSR count). The Balaban J connectivity index is 1.24. The summed E-state index contributed by atoms with van der Waals surface area (Å²) in [7, 11) is 1.68. The molecule has 0 aliphatic carbocycles. The van der Waals surface area contributed by atoms with Crippen molar-refractivity contribution < 1.29 is 28.4 Å². The first-order valence-electron chi connectivity index (χ1n) is 17.9. The van der Waals surface area contributed by atoms with Gasteiger partial charge in [0.1, 0.15) is 35.6 Å². The van der Waals surface area contributed by atoms with Crippen molar-refractivity contribution in [2.24, 2.45) is 0 Å². The average molecular weight is 717 g/mol. The Kier molecular flexibility index (Phi) is 15.0. The summed E-state index contributed by atoms with van der Waals surface area (Å²) in [6.07, 6.45) is 3.52. The van der Waals surface area contributed by atoms with Gasteiger partial charge < -0.3 is 28.4 Å².